The zero-order valence-electron chi connectivity index (χ0n) is 9.46. The van der Waals surface area contributed by atoms with Crippen LogP contribution in [0.25, 0.3) is 0 Å². The molecule has 0 atom stereocenters. The van der Waals surface area contributed by atoms with Gasteiger partial charge in [0.25, 0.3) is 0 Å². The highest BCUT2D eigenvalue weighted by Crippen LogP contribution is 2.09. The molecule has 0 aliphatic heterocycles. The van der Waals surface area contributed by atoms with Gasteiger partial charge in [-0.3, -0.25) is 4.99 Å². The molecule has 0 aliphatic carbocycles. The summed E-state index contributed by atoms with van der Waals surface area (Å²) in [6.45, 7) is 13.6. The van der Waals surface area contributed by atoms with Crippen LogP contribution in [-0.2, 0) is 0 Å². The van der Waals surface area contributed by atoms with Crippen LogP contribution in [0.5, 0.6) is 0 Å². The van der Waals surface area contributed by atoms with Crippen LogP contribution in [0.15, 0.2) is 41.1 Å². The monoisotopic (exact) mass is 179 g/mol. The fourth-order valence-corrected chi connectivity index (χ4v) is 0.675. The second-order valence-electron chi connectivity index (χ2n) is 2.15. The summed E-state index contributed by atoms with van der Waals surface area (Å²) in [4.78, 5) is 4.18. The first-order chi connectivity index (χ1) is 6.26. The average Bonchev–Trinajstić information content (AvgIpc) is 2.19. The van der Waals surface area contributed by atoms with E-state index >= 15 is 0 Å². The molecule has 0 saturated carbocycles. The van der Waals surface area contributed by atoms with E-state index in [2.05, 4.69) is 11.6 Å². The molecule has 0 bridgehead atoms. The molecule has 0 aromatic heterocycles. The highest BCUT2D eigenvalue weighted by atomic mass is 14.7. The Balaban J connectivity index is 0. The minimum Gasteiger partial charge on any atom is -0.261 e. The third-order valence-corrected chi connectivity index (χ3v) is 1.38. The number of nitrogens with zero attached hydrogens (tertiary/aromatic N) is 1. The summed E-state index contributed by atoms with van der Waals surface area (Å²) in [5, 5.41) is 0. The van der Waals surface area contributed by atoms with Crippen molar-refractivity contribution in [1.82, 2.24) is 0 Å². The molecule has 1 heteroatoms. The smallest absolute Gasteiger partial charge is 0.0651 e. The van der Waals surface area contributed by atoms with Gasteiger partial charge in [-0.15, -0.1) is 0 Å². The maximum Gasteiger partial charge on any atom is 0.0651 e. The molecule has 0 aromatic rings. The molecule has 0 fully saturated rings. The summed E-state index contributed by atoms with van der Waals surface area (Å²) in [6.07, 6.45) is 7.45. The molecule has 0 saturated heterocycles. The third kappa shape index (κ3) is 7.26. The lowest BCUT2D eigenvalue weighted by Gasteiger charge is -1.97. The molecule has 74 valence electrons. The van der Waals surface area contributed by atoms with E-state index in [9.17, 15) is 0 Å². The molecule has 0 aliphatic rings. The van der Waals surface area contributed by atoms with Crippen molar-refractivity contribution >= 4 is 6.21 Å². The Hall–Kier alpha value is -1.11. The molecular formula is C12H21N. The minimum absolute atomic E-state index is 0.977. The number of allylic oxidation sites excluding steroid dienone is 4. The molecule has 0 amide bonds. The zero-order chi connectivity index (χ0) is 10.7. The maximum atomic E-state index is 4.18. The van der Waals surface area contributed by atoms with E-state index in [-0.39, 0.29) is 0 Å². The van der Waals surface area contributed by atoms with Crippen molar-refractivity contribution in [3.63, 3.8) is 0 Å². The van der Waals surface area contributed by atoms with Crippen molar-refractivity contribution < 1.29 is 0 Å². The van der Waals surface area contributed by atoms with Crippen molar-refractivity contribution in [2.45, 2.75) is 34.6 Å². The Labute approximate surface area is 82.6 Å². The summed E-state index contributed by atoms with van der Waals surface area (Å²) < 4.78 is 0. The Morgan fingerprint density at radius 1 is 1.23 bits per heavy atom. The normalized spacial score (nSPS) is 12.4. The standard InChI is InChI=1S/C10H15N.C2H6/c1-5-8-10(11-7-3)9(4)6-2;1-2/h5-8H,1H2,2-4H3;1-2H3/b9-6-,10-8+,11-7?;. The van der Waals surface area contributed by atoms with Gasteiger partial charge >= 0.3 is 0 Å². The molecular weight excluding hydrogens is 158 g/mol. The lowest BCUT2D eigenvalue weighted by atomic mass is 10.2. The van der Waals surface area contributed by atoms with Crippen LogP contribution < -0.4 is 0 Å². The van der Waals surface area contributed by atoms with Gasteiger partial charge in [0.1, 0.15) is 0 Å². The third-order valence-electron chi connectivity index (χ3n) is 1.38. The predicted molar refractivity (Wildman–Crippen MR) is 63.2 cm³/mol. The van der Waals surface area contributed by atoms with E-state index in [1.54, 1.807) is 12.3 Å². The molecule has 13 heavy (non-hydrogen) atoms. The largest absolute Gasteiger partial charge is 0.261 e. The molecule has 0 aromatic carbocycles. The van der Waals surface area contributed by atoms with Gasteiger partial charge in [-0.2, -0.15) is 0 Å². The van der Waals surface area contributed by atoms with Crippen molar-refractivity contribution in [3.8, 4) is 0 Å². The molecule has 0 heterocycles. The molecule has 0 N–H and O–H groups in total. The fraction of sp³-hybridized carbons (Fsp3) is 0.417. The van der Waals surface area contributed by atoms with Gasteiger partial charge in [-0.25, -0.2) is 0 Å². The van der Waals surface area contributed by atoms with Gasteiger partial charge in [-0.05, 0) is 32.4 Å². The van der Waals surface area contributed by atoms with E-state index in [1.165, 1.54) is 5.57 Å². The number of hydrogen-bond acceptors (Lipinski definition) is 1. The SMILES string of the molecule is C=C/C=C(N=CC)\C(C)=C/C.CC. The lowest BCUT2D eigenvalue weighted by molar-refractivity contribution is 1.28. The van der Waals surface area contributed by atoms with Crippen LogP contribution in [-0.4, -0.2) is 6.21 Å². The first-order valence-corrected chi connectivity index (χ1v) is 4.71. The second-order valence-corrected chi connectivity index (χ2v) is 2.15. The van der Waals surface area contributed by atoms with Crippen LogP contribution in [0.1, 0.15) is 34.6 Å². The second kappa shape index (κ2) is 10.9. The topological polar surface area (TPSA) is 12.4 Å². The number of rotatable bonds is 3. The highest BCUT2D eigenvalue weighted by Gasteiger charge is 1.91. The van der Waals surface area contributed by atoms with Gasteiger partial charge in [0.2, 0.25) is 0 Å². The Kier molecular flexibility index (Phi) is 12.1. The molecule has 1 nitrogen and oxygen atoms in total. The highest BCUT2D eigenvalue weighted by molar-refractivity contribution is 5.57. The van der Waals surface area contributed by atoms with E-state index in [4.69, 9.17) is 0 Å². The van der Waals surface area contributed by atoms with Crippen LogP contribution in [0, 0.1) is 0 Å². The lowest BCUT2D eigenvalue weighted by Crippen LogP contribution is -1.80. The van der Waals surface area contributed by atoms with Crippen LogP contribution >= 0.6 is 0 Å². The first kappa shape index (κ1) is 14.4. The Bertz CT molecular complexity index is 207. The van der Waals surface area contributed by atoms with Crippen LogP contribution in [0.4, 0.5) is 0 Å². The van der Waals surface area contributed by atoms with Crippen molar-refractivity contribution in [3.05, 3.63) is 36.1 Å². The van der Waals surface area contributed by atoms with Crippen molar-refractivity contribution in [2.24, 2.45) is 4.99 Å². The molecule has 0 radical (unpaired) electrons. The van der Waals surface area contributed by atoms with Crippen molar-refractivity contribution in [2.75, 3.05) is 0 Å². The summed E-state index contributed by atoms with van der Waals surface area (Å²) in [6, 6.07) is 0. The quantitative estimate of drug-likeness (QED) is 0.456. The van der Waals surface area contributed by atoms with E-state index in [0.717, 1.165) is 5.70 Å². The van der Waals surface area contributed by atoms with Crippen molar-refractivity contribution in [1.29, 1.82) is 0 Å². The van der Waals surface area contributed by atoms with Gasteiger partial charge in [0.15, 0.2) is 0 Å². The number of aliphatic imine (C=N–C) groups is 1. The van der Waals surface area contributed by atoms with Gasteiger partial charge in [0.05, 0.1) is 5.70 Å². The fourth-order valence-electron chi connectivity index (χ4n) is 0.675. The minimum atomic E-state index is 0.977. The summed E-state index contributed by atoms with van der Waals surface area (Å²) in [5.41, 5.74) is 2.15. The summed E-state index contributed by atoms with van der Waals surface area (Å²) in [5.74, 6) is 0. The average molecular weight is 179 g/mol. The molecule has 0 rings (SSSR count). The number of hydrogen-bond donors (Lipinski definition) is 0. The van der Waals surface area contributed by atoms with Gasteiger partial charge < -0.3 is 0 Å². The van der Waals surface area contributed by atoms with Crippen LogP contribution in [0.2, 0.25) is 0 Å². The van der Waals surface area contributed by atoms with E-state index in [1.807, 2.05) is 46.8 Å². The van der Waals surface area contributed by atoms with Crippen LogP contribution in [0.3, 0.4) is 0 Å². The molecule has 0 spiro atoms. The Morgan fingerprint density at radius 3 is 2.08 bits per heavy atom. The maximum absolute atomic E-state index is 4.18. The van der Waals surface area contributed by atoms with E-state index < -0.39 is 0 Å². The summed E-state index contributed by atoms with van der Waals surface area (Å²) >= 11 is 0. The van der Waals surface area contributed by atoms with Gasteiger partial charge in [0, 0.05) is 6.21 Å². The first-order valence-electron chi connectivity index (χ1n) is 4.71. The van der Waals surface area contributed by atoms with E-state index in [0.29, 0.717) is 0 Å². The zero-order valence-corrected chi connectivity index (χ0v) is 9.46. The Morgan fingerprint density at radius 2 is 1.77 bits per heavy atom. The summed E-state index contributed by atoms with van der Waals surface area (Å²) in [7, 11) is 0. The molecule has 0 unspecified atom stereocenters. The predicted octanol–water partition coefficient (Wildman–Crippen LogP) is 4.14. The van der Waals surface area contributed by atoms with Gasteiger partial charge in [-0.1, -0.05) is 32.6 Å².